The smallest absolute Gasteiger partial charge is 0.245 e. The first kappa shape index (κ1) is 15.7. The molecule has 2 aliphatic rings. The van der Waals surface area contributed by atoms with Gasteiger partial charge in [0.2, 0.25) is 5.89 Å². The lowest BCUT2D eigenvalue weighted by Gasteiger charge is -2.37. The van der Waals surface area contributed by atoms with Gasteiger partial charge in [-0.1, -0.05) is 11.6 Å². The van der Waals surface area contributed by atoms with E-state index >= 15 is 0 Å². The van der Waals surface area contributed by atoms with Crippen LogP contribution in [0.5, 0.6) is 0 Å². The molecule has 1 unspecified atom stereocenters. The summed E-state index contributed by atoms with van der Waals surface area (Å²) in [5.74, 6) is 4.19. The molecule has 24 heavy (non-hydrogen) atoms. The molecule has 8 nitrogen and oxygen atoms in total. The molecule has 2 aromatic rings. The van der Waals surface area contributed by atoms with Crippen LogP contribution in [-0.4, -0.2) is 61.4 Å². The van der Waals surface area contributed by atoms with E-state index in [0.29, 0.717) is 17.6 Å². The van der Waals surface area contributed by atoms with Crippen molar-refractivity contribution in [3.8, 4) is 0 Å². The SMILES string of the molecule is Cc1noc(C2CN(Cc3nnc(C4CCC4)n3C)CCN2C)n1. The molecule has 130 valence electrons. The van der Waals surface area contributed by atoms with Gasteiger partial charge in [-0.2, -0.15) is 4.98 Å². The molecule has 0 aromatic carbocycles. The molecule has 2 fully saturated rings. The summed E-state index contributed by atoms with van der Waals surface area (Å²) in [6.45, 7) is 5.51. The number of hydrogen-bond donors (Lipinski definition) is 0. The van der Waals surface area contributed by atoms with Gasteiger partial charge in [-0.3, -0.25) is 9.80 Å². The van der Waals surface area contributed by atoms with Gasteiger partial charge in [-0.05, 0) is 26.8 Å². The topological polar surface area (TPSA) is 76.1 Å². The summed E-state index contributed by atoms with van der Waals surface area (Å²) in [5.41, 5.74) is 0. The largest absolute Gasteiger partial charge is 0.338 e. The Labute approximate surface area is 141 Å². The number of rotatable bonds is 4. The molecule has 1 aliphatic heterocycles. The van der Waals surface area contributed by atoms with Crippen molar-refractivity contribution >= 4 is 0 Å². The zero-order chi connectivity index (χ0) is 16.7. The van der Waals surface area contributed by atoms with E-state index in [2.05, 4.69) is 48.8 Å². The summed E-state index contributed by atoms with van der Waals surface area (Å²) in [6.07, 6.45) is 3.81. The first-order valence-electron chi connectivity index (χ1n) is 8.73. The highest BCUT2D eigenvalue weighted by atomic mass is 16.5. The van der Waals surface area contributed by atoms with Crippen LogP contribution in [0.25, 0.3) is 0 Å². The van der Waals surface area contributed by atoms with Gasteiger partial charge in [0.05, 0.1) is 6.54 Å². The van der Waals surface area contributed by atoms with E-state index < -0.39 is 0 Å². The van der Waals surface area contributed by atoms with E-state index in [1.807, 2.05) is 6.92 Å². The Morgan fingerprint density at radius 1 is 1.17 bits per heavy atom. The van der Waals surface area contributed by atoms with E-state index in [-0.39, 0.29) is 6.04 Å². The fraction of sp³-hybridized carbons (Fsp3) is 0.750. The first-order valence-corrected chi connectivity index (χ1v) is 8.73. The van der Waals surface area contributed by atoms with Crippen molar-refractivity contribution in [2.45, 2.75) is 44.7 Å². The first-order chi connectivity index (χ1) is 11.6. The van der Waals surface area contributed by atoms with Gasteiger partial charge in [0.25, 0.3) is 0 Å². The summed E-state index contributed by atoms with van der Waals surface area (Å²) < 4.78 is 7.58. The Hall–Kier alpha value is -1.80. The van der Waals surface area contributed by atoms with Crippen LogP contribution in [0, 0.1) is 6.92 Å². The lowest BCUT2D eigenvalue weighted by atomic mass is 9.85. The van der Waals surface area contributed by atoms with E-state index in [4.69, 9.17) is 4.52 Å². The zero-order valence-corrected chi connectivity index (χ0v) is 14.6. The minimum atomic E-state index is 0.138. The number of likely N-dealkylation sites (N-methyl/N-ethyl adjacent to an activating group) is 1. The van der Waals surface area contributed by atoms with Crippen molar-refractivity contribution in [2.24, 2.45) is 7.05 Å². The zero-order valence-electron chi connectivity index (χ0n) is 14.6. The average molecular weight is 331 g/mol. The number of nitrogens with zero attached hydrogens (tertiary/aromatic N) is 7. The number of piperazine rings is 1. The van der Waals surface area contributed by atoms with E-state index in [1.54, 1.807) is 0 Å². The highest BCUT2D eigenvalue weighted by Gasteiger charge is 2.31. The van der Waals surface area contributed by atoms with Gasteiger partial charge >= 0.3 is 0 Å². The quantitative estimate of drug-likeness (QED) is 0.835. The van der Waals surface area contributed by atoms with Gasteiger partial charge in [0.1, 0.15) is 17.7 Å². The van der Waals surface area contributed by atoms with Crippen molar-refractivity contribution in [1.82, 2.24) is 34.7 Å². The standard InChI is InChI=1S/C16H25N7O/c1-11-17-16(24-20-11)13-9-23(8-7-21(13)2)10-14-18-19-15(22(14)3)12-5-4-6-12/h12-13H,4-10H2,1-3H3. The van der Waals surface area contributed by atoms with Gasteiger partial charge in [0, 0.05) is 32.6 Å². The van der Waals surface area contributed by atoms with Gasteiger partial charge in [-0.25, -0.2) is 0 Å². The third kappa shape index (κ3) is 2.84. The van der Waals surface area contributed by atoms with Crippen molar-refractivity contribution in [3.05, 3.63) is 23.4 Å². The van der Waals surface area contributed by atoms with Crippen LogP contribution in [0.4, 0.5) is 0 Å². The number of aryl methyl sites for hydroxylation is 1. The maximum atomic E-state index is 5.39. The van der Waals surface area contributed by atoms with Crippen LogP contribution < -0.4 is 0 Å². The van der Waals surface area contributed by atoms with Crippen molar-refractivity contribution < 1.29 is 4.52 Å². The van der Waals surface area contributed by atoms with Crippen LogP contribution >= 0.6 is 0 Å². The molecular formula is C16H25N7O. The Bertz CT molecular complexity index is 705. The molecule has 0 bridgehead atoms. The summed E-state index contributed by atoms with van der Waals surface area (Å²) >= 11 is 0. The molecule has 1 saturated heterocycles. The molecule has 0 spiro atoms. The van der Waals surface area contributed by atoms with Crippen LogP contribution in [0.3, 0.4) is 0 Å². The van der Waals surface area contributed by atoms with Crippen molar-refractivity contribution in [1.29, 1.82) is 0 Å². The minimum absolute atomic E-state index is 0.138. The third-order valence-electron chi connectivity index (χ3n) is 5.39. The summed E-state index contributed by atoms with van der Waals surface area (Å²) in [7, 11) is 4.20. The Balaban J connectivity index is 1.46. The lowest BCUT2D eigenvalue weighted by molar-refractivity contribution is 0.0693. The van der Waals surface area contributed by atoms with E-state index in [9.17, 15) is 0 Å². The van der Waals surface area contributed by atoms with Crippen LogP contribution in [0.2, 0.25) is 0 Å². The van der Waals surface area contributed by atoms with Gasteiger partial charge in [0.15, 0.2) is 5.82 Å². The second-order valence-corrected chi connectivity index (χ2v) is 7.07. The molecular weight excluding hydrogens is 306 g/mol. The Kier molecular flexibility index (Phi) is 4.09. The molecule has 4 rings (SSSR count). The summed E-state index contributed by atoms with van der Waals surface area (Å²) in [6, 6.07) is 0.138. The molecule has 3 heterocycles. The molecule has 1 aliphatic carbocycles. The van der Waals surface area contributed by atoms with Crippen LogP contribution in [-0.2, 0) is 13.6 Å². The normalized spacial score (nSPS) is 23.5. The summed E-state index contributed by atoms with van der Waals surface area (Å²) in [5, 5.41) is 12.8. The molecule has 0 N–H and O–H groups in total. The van der Waals surface area contributed by atoms with E-state index in [1.165, 1.54) is 19.3 Å². The maximum Gasteiger partial charge on any atom is 0.245 e. The molecule has 2 aromatic heterocycles. The van der Waals surface area contributed by atoms with Crippen molar-refractivity contribution in [2.75, 3.05) is 26.7 Å². The predicted molar refractivity (Wildman–Crippen MR) is 87.3 cm³/mol. The summed E-state index contributed by atoms with van der Waals surface area (Å²) in [4.78, 5) is 9.09. The van der Waals surface area contributed by atoms with Crippen molar-refractivity contribution in [3.63, 3.8) is 0 Å². The monoisotopic (exact) mass is 331 g/mol. The second-order valence-electron chi connectivity index (χ2n) is 7.07. The Morgan fingerprint density at radius 2 is 2.00 bits per heavy atom. The molecule has 0 amide bonds. The van der Waals surface area contributed by atoms with Gasteiger partial charge in [-0.15, -0.1) is 10.2 Å². The van der Waals surface area contributed by atoms with Crippen LogP contribution in [0.1, 0.15) is 54.6 Å². The predicted octanol–water partition coefficient (Wildman–Crippen LogP) is 1.26. The van der Waals surface area contributed by atoms with Crippen LogP contribution in [0.15, 0.2) is 4.52 Å². The number of hydrogen-bond acceptors (Lipinski definition) is 7. The lowest BCUT2D eigenvalue weighted by Crippen LogP contribution is -2.46. The number of aromatic nitrogens is 5. The molecule has 1 saturated carbocycles. The second kappa shape index (κ2) is 6.25. The Morgan fingerprint density at radius 3 is 2.67 bits per heavy atom. The fourth-order valence-electron chi connectivity index (χ4n) is 3.52. The fourth-order valence-corrected chi connectivity index (χ4v) is 3.52. The van der Waals surface area contributed by atoms with Gasteiger partial charge < -0.3 is 9.09 Å². The molecule has 8 heteroatoms. The highest BCUT2D eigenvalue weighted by Crippen LogP contribution is 2.35. The maximum absolute atomic E-state index is 5.39. The molecule has 1 atom stereocenters. The molecule has 0 radical (unpaired) electrons. The third-order valence-corrected chi connectivity index (χ3v) is 5.39. The highest BCUT2D eigenvalue weighted by molar-refractivity contribution is 5.05. The average Bonchev–Trinajstić information content (AvgIpc) is 3.08. The minimum Gasteiger partial charge on any atom is -0.338 e. The van der Waals surface area contributed by atoms with E-state index in [0.717, 1.165) is 37.8 Å².